The number of nitrogens with one attached hydrogen (secondary N) is 1. The second-order valence-corrected chi connectivity index (χ2v) is 5.74. The first kappa shape index (κ1) is 11.6. The second-order valence-electron chi connectivity index (χ2n) is 3.84. The van der Waals surface area contributed by atoms with Gasteiger partial charge < -0.3 is 0 Å². The van der Waals surface area contributed by atoms with Gasteiger partial charge in [0.05, 0.1) is 0 Å². The van der Waals surface area contributed by atoms with Gasteiger partial charge in [-0.25, -0.2) is 15.8 Å². The Balaban J connectivity index is 2.36. The molecule has 16 heavy (non-hydrogen) atoms. The molecule has 0 aliphatic heterocycles. The van der Waals surface area contributed by atoms with Crippen LogP contribution in [0.15, 0.2) is 16.5 Å². The average Bonchev–Trinajstić information content (AvgIpc) is 2.73. The Hall–Kier alpha value is -0.850. The maximum Gasteiger partial charge on any atom is 0.239 e. The highest BCUT2D eigenvalue weighted by Gasteiger charge is 2.09. The summed E-state index contributed by atoms with van der Waals surface area (Å²) in [5, 5.41) is 4.15. The summed E-state index contributed by atoms with van der Waals surface area (Å²) < 4.78 is 0. The minimum absolute atomic E-state index is 0.487. The van der Waals surface area contributed by atoms with E-state index in [4.69, 9.17) is 5.84 Å². The number of aromatic nitrogens is 2. The number of thioether (sulfide) groups is 1. The molecule has 3 N–H and O–H groups in total. The molecule has 2 aromatic rings. The summed E-state index contributed by atoms with van der Waals surface area (Å²) in [5.74, 6) is 7.53. The van der Waals surface area contributed by atoms with Gasteiger partial charge in [0, 0.05) is 11.1 Å². The summed E-state index contributed by atoms with van der Waals surface area (Å²) in [7, 11) is 0. The summed E-state index contributed by atoms with van der Waals surface area (Å²) in [5.41, 5.74) is 2.51. The van der Waals surface area contributed by atoms with Crippen LogP contribution in [0, 0.1) is 5.92 Å². The molecular formula is C10H14N4S2. The molecule has 6 heteroatoms. The molecule has 0 saturated heterocycles. The van der Waals surface area contributed by atoms with Crippen LogP contribution in [0.2, 0.25) is 0 Å². The van der Waals surface area contributed by atoms with Crippen LogP contribution in [0.5, 0.6) is 0 Å². The highest BCUT2D eigenvalue weighted by atomic mass is 32.2. The SMILES string of the molecule is CC(C)CSc1nc(NN)nc2sccc12. The molecule has 0 radical (unpaired) electrons. The van der Waals surface area contributed by atoms with Crippen molar-refractivity contribution in [1.29, 1.82) is 0 Å². The van der Waals surface area contributed by atoms with Crippen LogP contribution in [0.4, 0.5) is 5.95 Å². The molecule has 0 bridgehead atoms. The summed E-state index contributed by atoms with van der Waals surface area (Å²) >= 11 is 3.36. The van der Waals surface area contributed by atoms with Gasteiger partial charge >= 0.3 is 0 Å². The zero-order chi connectivity index (χ0) is 11.5. The molecule has 0 unspecified atom stereocenters. The Morgan fingerprint density at radius 2 is 2.31 bits per heavy atom. The van der Waals surface area contributed by atoms with Crippen molar-refractivity contribution < 1.29 is 0 Å². The molecule has 0 aromatic carbocycles. The number of hydrazine groups is 1. The molecule has 0 atom stereocenters. The molecule has 4 nitrogen and oxygen atoms in total. The Kier molecular flexibility index (Phi) is 3.63. The lowest BCUT2D eigenvalue weighted by Crippen LogP contribution is -2.10. The van der Waals surface area contributed by atoms with Crippen LogP contribution in [0.25, 0.3) is 10.2 Å². The molecule has 2 aromatic heterocycles. The van der Waals surface area contributed by atoms with Gasteiger partial charge in [0.2, 0.25) is 5.95 Å². The van der Waals surface area contributed by atoms with Crippen LogP contribution in [-0.4, -0.2) is 15.7 Å². The molecule has 0 aliphatic rings. The van der Waals surface area contributed by atoms with E-state index < -0.39 is 0 Å². The van der Waals surface area contributed by atoms with Gasteiger partial charge in [0.15, 0.2) is 0 Å². The van der Waals surface area contributed by atoms with Crippen LogP contribution in [0.3, 0.4) is 0 Å². The number of hydrogen-bond donors (Lipinski definition) is 2. The van der Waals surface area contributed by atoms with Gasteiger partial charge in [-0.2, -0.15) is 0 Å². The molecule has 0 spiro atoms. The zero-order valence-electron chi connectivity index (χ0n) is 9.23. The fourth-order valence-corrected chi connectivity index (χ4v) is 3.04. The van der Waals surface area contributed by atoms with Crippen LogP contribution < -0.4 is 11.3 Å². The van der Waals surface area contributed by atoms with E-state index in [0.717, 1.165) is 21.0 Å². The van der Waals surface area contributed by atoms with Crippen molar-refractivity contribution in [3.05, 3.63) is 11.4 Å². The number of anilines is 1. The molecular weight excluding hydrogens is 240 g/mol. The summed E-state index contributed by atoms with van der Waals surface area (Å²) in [6.45, 7) is 4.39. The van der Waals surface area contributed by atoms with E-state index in [9.17, 15) is 0 Å². The molecule has 0 saturated carbocycles. The van der Waals surface area contributed by atoms with Gasteiger partial charge in [0.25, 0.3) is 0 Å². The topological polar surface area (TPSA) is 63.8 Å². The molecule has 0 aliphatic carbocycles. The second kappa shape index (κ2) is 4.99. The number of fused-ring (bicyclic) bond motifs is 1. The normalized spacial score (nSPS) is 11.2. The summed E-state index contributed by atoms with van der Waals surface area (Å²) in [6.07, 6.45) is 0. The smallest absolute Gasteiger partial charge is 0.239 e. The van der Waals surface area contributed by atoms with Crippen LogP contribution in [-0.2, 0) is 0 Å². The molecule has 86 valence electrons. The van der Waals surface area contributed by atoms with Crippen molar-refractivity contribution >= 4 is 39.3 Å². The van der Waals surface area contributed by atoms with E-state index in [-0.39, 0.29) is 0 Å². The predicted octanol–water partition coefficient (Wildman–Crippen LogP) is 2.73. The predicted molar refractivity (Wildman–Crippen MR) is 70.8 cm³/mol. The molecule has 0 amide bonds. The summed E-state index contributed by atoms with van der Waals surface area (Å²) in [4.78, 5) is 9.67. The lowest BCUT2D eigenvalue weighted by molar-refractivity contribution is 0.749. The lowest BCUT2D eigenvalue weighted by atomic mass is 10.3. The van der Waals surface area contributed by atoms with Gasteiger partial charge in [-0.1, -0.05) is 13.8 Å². The highest BCUT2D eigenvalue weighted by molar-refractivity contribution is 7.99. The number of rotatable bonds is 4. The maximum atomic E-state index is 5.35. The van der Waals surface area contributed by atoms with Crippen molar-refractivity contribution in [2.75, 3.05) is 11.2 Å². The maximum absolute atomic E-state index is 5.35. The number of thiophene rings is 1. The van der Waals surface area contributed by atoms with E-state index in [1.54, 1.807) is 23.1 Å². The Morgan fingerprint density at radius 1 is 1.50 bits per heavy atom. The molecule has 2 rings (SSSR count). The number of nitrogens with two attached hydrogens (primary N) is 1. The van der Waals surface area contributed by atoms with Crippen molar-refractivity contribution in [2.45, 2.75) is 18.9 Å². The number of hydrogen-bond acceptors (Lipinski definition) is 6. The monoisotopic (exact) mass is 254 g/mol. The fourth-order valence-electron chi connectivity index (χ4n) is 1.25. The molecule has 0 fully saturated rings. The van der Waals surface area contributed by atoms with Gasteiger partial charge in [0.1, 0.15) is 9.86 Å². The quantitative estimate of drug-likeness (QED) is 0.380. The Bertz CT molecular complexity index is 481. The third kappa shape index (κ3) is 2.45. The fraction of sp³-hybridized carbons (Fsp3) is 0.400. The third-order valence-electron chi connectivity index (χ3n) is 1.97. The van der Waals surface area contributed by atoms with E-state index in [1.165, 1.54) is 0 Å². The van der Waals surface area contributed by atoms with E-state index in [0.29, 0.717) is 11.9 Å². The first-order chi connectivity index (χ1) is 7.70. The van der Waals surface area contributed by atoms with E-state index in [1.807, 2.05) is 5.38 Å². The Morgan fingerprint density at radius 3 is 3.00 bits per heavy atom. The third-order valence-corrected chi connectivity index (χ3v) is 4.20. The molecule has 2 heterocycles. The first-order valence-electron chi connectivity index (χ1n) is 5.05. The Labute approximate surface area is 103 Å². The number of nitrogens with zero attached hydrogens (tertiary/aromatic N) is 2. The van der Waals surface area contributed by atoms with Crippen molar-refractivity contribution in [3.8, 4) is 0 Å². The van der Waals surface area contributed by atoms with Gasteiger partial charge in [-0.15, -0.1) is 23.1 Å². The zero-order valence-corrected chi connectivity index (χ0v) is 10.9. The minimum atomic E-state index is 0.487. The standard InChI is InChI=1S/C10H14N4S2/c1-6(2)5-16-9-7-3-4-15-8(7)12-10(13-9)14-11/h3-4,6H,5,11H2,1-2H3,(H,12,13,14). The van der Waals surface area contributed by atoms with E-state index >= 15 is 0 Å². The van der Waals surface area contributed by atoms with Gasteiger partial charge in [-0.3, -0.25) is 5.43 Å². The van der Waals surface area contributed by atoms with Crippen LogP contribution in [0.1, 0.15) is 13.8 Å². The minimum Gasteiger partial charge on any atom is -0.292 e. The van der Waals surface area contributed by atoms with Crippen LogP contribution >= 0.6 is 23.1 Å². The van der Waals surface area contributed by atoms with Gasteiger partial charge in [-0.05, 0) is 17.4 Å². The largest absolute Gasteiger partial charge is 0.292 e. The van der Waals surface area contributed by atoms with Crippen molar-refractivity contribution in [2.24, 2.45) is 11.8 Å². The van der Waals surface area contributed by atoms with Crippen molar-refractivity contribution in [1.82, 2.24) is 9.97 Å². The first-order valence-corrected chi connectivity index (χ1v) is 6.92. The van der Waals surface area contributed by atoms with E-state index in [2.05, 4.69) is 35.3 Å². The number of nitrogen functional groups attached to an aromatic ring is 1. The van der Waals surface area contributed by atoms with Crippen molar-refractivity contribution in [3.63, 3.8) is 0 Å². The summed E-state index contributed by atoms with van der Waals surface area (Å²) in [6, 6.07) is 2.06. The lowest BCUT2D eigenvalue weighted by Gasteiger charge is -2.06. The highest BCUT2D eigenvalue weighted by Crippen LogP contribution is 2.30. The average molecular weight is 254 g/mol.